The normalized spacial score (nSPS) is 15.7. The number of thiophene rings is 1. The van der Waals surface area contributed by atoms with Crippen molar-refractivity contribution in [1.29, 1.82) is 0 Å². The van der Waals surface area contributed by atoms with E-state index in [0.717, 1.165) is 16.8 Å². The van der Waals surface area contributed by atoms with Crippen LogP contribution >= 0.6 is 11.3 Å². The number of piperidine rings is 1. The number of rotatable bonds is 6. The van der Waals surface area contributed by atoms with Gasteiger partial charge in [0.25, 0.3) is 0 Å². The van der Waals surface area contributed by atoms with Crippen molar-refractivity contribution in [1.82, 2.24) is 9.88 Å². The van der Waals surface area contributed by atoms with Crippen LogP contribution in [0.15, 0.2) is 66.2 Å². The molecule has 154 valence electrons. The average Bonchev–Trinajstić information content (AvgIpc) is 3.30. The molecule has 2 aromatic heterocycles. The Balaban J connectivity index is 1.48. The van der Waals surface area contributed by atoms with Crippen LogP contribution in [-0.4, -0.2) is 34.8 Å². The SMILES string of the molecule is NC(=O)C1(Cc2ccccc2-c2cccs2)CCN(C(=O)Cc2ccccn2)CC1. The number of likely N-dealkylation sites (tertiary alicyclic amines) is 1. The van der Waals surface area contributed by atoms with Gasteiger partial charge >= 0.3 is 0 Å². The van der Waals surface area contributed by atoms with Crippen LogP contribution in [-0.2, 0) is 22.4 Å². The fourth-order valence-corrected chi connectivity index (χ4v) is 4.96. The smallest absolute Gasteiger partial charge is 0.228 e. The van der Waals surface area contributed by atoms with Gasteiger partial charge in [0.1, 0.15) is 0 Å². The summed E-state index contributed by atoms with van der Waals surface area (Å²) in [5.41, 5.74) is 8.33. The van der Waals surface area contributed by atoms with Crippen molar-refractivity contribution in [2.75, 3.05) is 13.1 Å². The van der Waals surface area contributed by atoms with Gasteiger partial charge in [-0.1, -0.05) is 36.4 Å². The number of carbonyl (C=O) groups is 2. The third-order valence-electron chi connectivity index (χ3n) is 5.99. The van der Waals surface area contributed by atoms with Gasteiger partial charge in [0.2, 0.25) is 11.8 Å². The Bertz CT molecular complexity index is 1010. The van der Waals surface area contributed by atoms with Crippen LogP contribution in [0.4, 0.5) is 0 Å². The zero-order valence-electron chi connectivity index (χ0n) is 16.8. The molecule has 1 aliphatic rings. The molecule has 2 N–H and O–H groups in total. The van der Waals surface area contributed by atoms with Gasteiger partial charge < -0.3 is 10.6 Å². The first kappa shape index (κ1) is 20.3. The second-order valence-electron chi connectivity index (χ2n) is 7.83. The quantitative estimate of drug-likeness (QED) is 0.662. The maximum Gasteiger partial charge on any atom is 0.228 e. The summed E-state index contributed by atoms with van der Waals surface area (Å²) in [6.07, 6.45) is 3.73. The largest absolute Gasteiger partial charge is 0.369 e. The zero-order valence-corrected chi connectivity index (χ0v) is 17.6. The molecule has 1 fully saturated rings. The van der Waals surface area contributed by atoms with E-state index in [2.05, 4.69) is 28.6 Å². The van der Waals surface area contributed by atoms with Crippen molar-refractivity contribution in [3.8, 4) is 10.4 Å². The lowest BCUT2D eigenvalue weighted by molar-refractivity contribution is -0.138. The number of benzene rings is 1. The lowest BCUT2D eigenvalue weighted by Gasteiger charge is -2.40. The van der Waals surface area contributed by atoms with Crippen LogP contribution in [0, 0.1) is 5.41 Å². The second kappa shape index (κ2) is 8.79. The maximum atomic E-state index is 12.7. The van der Waals surface area contributed by atoms with E-state index in [4.69, 9.17) is 5.73 Å². The summed E-state index contributed by atoms with van der Waals surface area (Å²) >= 11 is 1.69. The highest BCUT2D eigenvalue weighted by atomic mass is 32.1. The molecule has 0 saturated carbocycles. The zero-order chi connectivity index (χ0) is 21.0. The van der Waals surface area contributed by atoms with Gasteiger partial charge in [-0.25, -0.2) is 0 Å². The molecule has 1 saturated heterocycles. The van der Waals surface area contributed by atoms with Crippen LogP contribution < -0.4 is 5.73 Å². The van der Waals surface area contributed by atoms with Crippen LogP contribution in [0.5, 0.6) is 0 Å². The second-order valence-corrected chi connectivity index (χ2v) is 8.78. The lowest BCUT2D eigenvalue weighted by Crippen LogP contribution is -2.50. The van der Waals surface area contributed by atoms with Gasteiger partial charge in [0, 0.05) is 29.9 Å². The average molecular weight is 420 g/mol. The molecule has 30 heavy (non-hydrogen) atoms. The fourth-order valence-electron chi connectivity index (χ4n) is 4.18. The number of pyridine rings is 1. The van der Waals surface area contributed by atoms with Gasteiger partial charge in [-0.2, -0.15) is 0 Å². The van der Waals surface area contributed by atoms with E-state index in [0.29, 0.717) is 32.4 Å². The molecule has 3 aromatic rings. The molecule has 0 unspecified atom stereocenters. The van der Waals surface area contributed by atoms with E-state index in [-0.39, 0.29) is 18.2 Å². The maximum absolute atomic E-state index is 12.7. The monoisotopic (exact) mass is 419 g/mol. The highest BCUT2D eigenvalue weighted by molar-refractivity contribution is 7.13. The predicted octanol–water partition coefficient (Wildman–Crippen LogP) is 3.69. The highest BCUT2D eigenvalue weighted by Gasteiger charge is 2.41. The number of carbonyl (C=O) groups excluding carboxylic acids is 2. The van der Waals surface area contributed by atoms with Gasteiger partial charge in [-0.3, -0.25) is 14.6 Å². The van der Waals surface area contributed by atoms with E-state index in [1.807, 2.05) is 41.3 Å². The third-order valence-corrected chi connectivity index (χ3v) is 6.89. The molecule has 6 heteroatoms. The summed E-state index contributed by atoms with van der Waals surface area (Å²) < 4.78 is 0. The molecule has 1 aromatic carbocycles. The Hall–Kier alpha value is -2.99. The minimum Gasteiger partial charge on any atom is -0.369 e. The Labute approximate surface area is 180 Å². The molecular formula is C24H25N3O2S. The van der Waals surface area contributed by atoms with E-state index < -0.39 is 5.41 Å². The van der Waals surface area contributed by atoms with Gasteiger partial charge in [-0.15, -0.1) is 11.3 Å². The van der Waals surface area contributed by atoms with Crippen LogP contribution in [0.3, 0.4) is 0 Å². The molecular weight excluding hydrogens is 394 g/mol. The predicted molar refractivity (Wildman–Crippen MR) is 119 cm³/mol. The molecule has 0 radical (unpaired) electrons. The minimum absolute atomic E-state index is 0.0470. The summed E-state index contributed by atoms with van der Waals surface area (Å²) in [6.45, 7) is 1.07. The molecule has 0 bridgehead atoms. The summed E-state index contributed by atoms with van der Waals surface area (Å²) in [6, 6.07) is 17.9. The fraction of sp³-hybridized carbons (Fsp3) is 0.292. The number of amides is 2. The highest BCUT2D eigenvalue weighted by Crippen LogP contribution is 2.38. The first-order chi connectivity index (χ1) is 14.6. The molecule has 5 nitrogen and oxygen atoms in total. The number of hydrogen-bond acceptors (Lipinski definition) is 4. The van der Waals surface area contributed by atoms with E-state index in [9.17, 15) is 9.59 Å². The van der Waals surface area contributed by atoms with E-state index in [1.54, 1.807) is 17.5 Å². The number of nitrogens with zero attached hydrogens (tertiary/aromatic N) is 2. The summed E-state index contributed by atoms with van der Waals surface area (Å²) in [5.74, 6) is -0.230. The molecule has 0 aliphatic carbocycles. The van der Waals surface area contributed by atoms with Crippen molar-refractivity contribution in [3.05, 3.63) is 77.4 Å². The van der Waals surface area contributed by atoms with Crippen molar-refractivity contribution >= 4 is 23.2 Å². The molecule has 4 rings (SSSR count). The van der Waals surface area contributed by atoms with Gasteiger partial charge in [0.05, 0.1) is 11.8 Å². The Morgan fingerprint density at radius 3 is 2.47 bits per heavy atom. The Kier molecular flexibility index (Phi) is 5.95. The topological polar surface area (TPSA) is 76.3 Å². The first-order valence-corrected chi connectivity index (χ1v) is 11.0. The lowest BCUT2D eigenvalue weighted by atomic mass is 9.72. The number of primary amides is 1. The first-order valence-electron chi connectivity index (χ1n) is 10.2. The third kappa shape index (κ3) is 4.28. The molecule has 0 atom stereocenters. The van der Waals surface area contributed by atoms with E-state index in [1.165, 1.54) is 4.88 Å². The summed E-state index contributed by atoms with van der Waals surface area (Å²) in [5, 5.41) is 2.06. The molecule has 1 aliphatic heterocycles. The molecule has 0 spiro atoms. The van der Waals surface area contributed by atoms with Gasteiger partial charge in [-0.05, 0) is 54.0 Å². The number of nitrogens with two attached hydrogens (primary N) is 1. The van der Waals surface area contributed by atoms with Crippen molar-refractivity contribution < 1.29 is 9.59 Å². The Morgan fingerprint density at radius 1 is 1.03 bits per heavy atom. The standard InChI is InChI=1S/C24H25N3O2S/c25-23(29)24(17-18-6-1-2-8-20(18)21-9-5-15-30-21)10-13-27(14-11-24)22(28)16-19-7-3-4-12-26-19/h1-9,12,15H,10-11,13-14,16-17H2,(H2,25,29). The molecule has 2 amide bonds. The number of aromatic nitrogens is 1. The summed E-state index contributed by atoms with van der Waals surface area (Å²) in [4.78, 5) is 32.5. The molecule has 3 heterocycles. The van der Waals surface area contributed by atoms with Crippen molar-refractivity contribution in [2.45, 2.75) is 25.7 Å². The van der Waals surface area contributed by atoms with Crippen LogP contribution in [0.2, 0.25) is 0 Å². The Morgan fingerprint density at radius 2 is 1.80 bits per heavy atom. The minimum atomic E-state index is -0.630. The van der Waals surface area contributed by atoms with Gasteiger partial charge in [0.15, 0.2) is 0 Å². The summed E-state index contributed by atoms with van der Waals surface area (Å²) in [7, 11) is 0. The van der Waals surface area contributed by atoms with Crippen LogP contribution in [0.25, 0.3) is 10.4 Å². The van der Waals surface area contributed by atoms with Crippen molar-refractivity contribution in [2.24, 2.45) is 11.1 Å². The van der Waals surface area contributed by atoms with E-state index >= 15 is 0 Å². The van der Waals surface area contributed by atoms with Crippen LogP contribution in [0.1, 0.15) is 24.1 Å². The number of hydrogen-bond donors (Lipinski definition) is 1. The van der Waals surface area contributed by atoms with Crippen molar-refractivity contribution in [3.63, 3.8) is 0 Å².